The fourth-order valence-corrected chi connectivity index (χ4v) is 15.0. The summed E-state index contributed by atoms with van der Waals surface area (Å²) in [6.45, 7) is 14.1. The fraction of sp³-hybridized carbons (Fsp3) is 0.938. The molecule has 11 N–H and O–H groups in total. The van der Waals surface area contributed by atoms with Crippen molar-refractivity contribution in [3.8, 4) is 0 Å². The van der Waals surface area contributed by atoms with Gasteiger partial charge in [-0.15, -0.1) is 0 Å². The van der Waals surface area contributed by atoms with Crippen molar-refractivity contribution in [2.45, 2.75) is 211 Å². The number of ether oxygens (including phenoxy) is 6. The van der Waals surface area contributed by atoms with Crippen LogP contribution in [0, 0.1) is 50.2 Å². The standard InChI is InChI=1S/C48H78O18/c1-43(2)14-16-48(42(60)66-41-36(58)33(55)31(53)25(20-50)62-41)17-15-46(6)22(23(48)18-43)8-9-28-45(5)12-11-29(44(3,4)27(45)10-13-47(28,46)7)64-39-37(59)34(56)38(26(21-51)63-39)65-40-35(57)32(54)30(52)24(19-49)61-40/h8,23-41,49-59H,9-21H2,1-7H3/t23-,24-,25-,26-,27?,28-,29+,30+,31-,32+,33+,34-,35-,36-,37-,38-,39+,40+,41-,45+,46-,47-,48+/m1/s1. The zero-order chi connectivity index (χ0) is 48.3. The first-order valence-electron chi connectivity index (χ1n) is 24.3. The lowest BCUT2D eigenvalue weighted by molar-refractivity contribution is -0.368. The lowest BCUT2D eigenvalue weighted by atomic mass is 9.33. The van der Waals surface area contributed by atoms with Gasteiger partial charge in [-0.05, 0) is 109 Å². The summed E-state index contributed by atoms with van der Waals surface area (Å²) in [4.78, 5) is 14.7. The Labute approximate surface area is 387 Å². The van der Waals surface area contributed by atoms with Gasteiger partial charge in [0, 0.05) is 0 Å². The van der Waals surface area contributed by atoms with Crippen LogP contribution in [0.25, 0.3) is 0 Å². The minimum atomic E-state index is -1.77. The Bertz CT molecular complexity index is 1790. The highest BCUT2D eigenvalue weighted by Gasteiger charge is 2.70. The molecule has 3 saturated heterocycles. The van der Waals surface area contributed by atoms with E-state index < -0.39 is 135 Å². The van der Waals surface area contributed by atoms with Crippen LogP contribution in [0.1, 0.15) is 113 Å². The monoisotopic (exact) mass is 943 g/mol. The molecule has 0 bridgehead atoms. The lowest BCUT2D eigenvalue weighted by Gasteiger charge is -2.71. The van der Waals surface area contributed by atoms with Crippen molar-refractivity contribution in [1.29, 1.82) is 0 Å². The van der Waals surface area contributed by atoms with Gasteiger partial charge in [0.25, 0.3) is 0 Å². The van der Waals surface area contributed by atoms with E-state index in [4.69, 9.17) is 28.4 Å². The van der Waals surface area contributed by atoms with E-state index in [1.165, 1.54) is 5.57 Å². The molecule has 1 unspecified atom stereocenters. The maximum atomic E-state index is 14.7. The summed E-state index contributed by atoms with van der Waals surface area (Å²) in [5, 5.41) is 115. The number of allylic oxidation sites excluding steroid dienone is 2. The van der Waals surface area contributed by atoms with Gasteiger partial charge in [-0.1, -0.05) is 60.1 Å². The Kier molecular flexibility index (Phi) is 13.9. The summed E-state index contributed by atoms with van der Waals surface area (Å²) in [5.41, 5.74) is -0.613. The molecule has 18 nitrogen and oxygen atoms in total. The summed E-state index contributed by atoms with van der Waals surface area (Å²) in [6, 6.07) is 0. The number of carbonyl (C=O) groups excluding carboxylic acids is 1. The molecule has 8 aliphatic rings. The van der Waals surface area contributed by atoms with Crippen molar-refractivity contribution in [1.82, 2.24) is 0 Å². The molecule has 3 heterocycles. The molecule has 0 amide bonds. The quantitative estimate of drug-likeness (QED) is 0.0833. The number of hydrogen-bond acceptors (Lipinski definition) is 18. The summed E-state index contributed by atoms with van der Waals surface area (Å²) in [7, 11) is 0. The fourth-order valence-electron chi connectivity index (χ4n) is 15.0. The first-order chi connectivity index (χ1) is 30.9. The minimum Gasteiger partial charge on any atom is -0.432 e. The van der Waals surface area contributed by atoms with E-state index in [0.717, 1.165) is 44.9 Å². The number of aliphatic hydroxyl groups is 11. The highest BCUT2D eigenvalue weighted by atomic mass is 16.7. The topological polar surface area (TPSA) is 295 Å². The van der Waals surface area contributed by atoms with Crippen LogP contribution in [-0.2, 0) is 33.2 Å². The second kappa shape index (κ2) is 18.0. The van der Waals surface area contributed by atoms with Gasteiger partial charge in [-0.25, -0.2) is 0 Å². The van der Waals surface area contributed by atoms with Crippen LogP contribution in [0.4, 0.5) is 0 Å². The molecule has 18 heteroatoms. The van der Waals surface area contributed by atoms with Crippen LogP contribution in [0.15, 0.2) is 11.6 Å². The highest BCUT2D eigenvalue weighted by Crippen LogP contribution is 2.76. The van der Waals surface area contributed by atoms with Gasteiger partial charge in [0.05, 0.1) is 31.3 Å². The maximum absolute atomic E-state index is 14.7. The van der Waals surface area contributed by atoms with Crippen LogP contribution in [-0.4, -0.2) is 180 Å². The van der Waals surface area contributed by atoms with Gasteiger partial charge in [-0.2, -0.15) is 0 Å². The SMILES string of the molecule is CC1(C)CC[C@]2(C(=O)O[C@H]3O[C@H](CO)[C@@H](O)[C@H](O)[C@H]3O)CC[C@]3(C)C(=CC[C@@H]4[C@@]5(C)CC[C@H](O[C@@H]6O[C@H](CO)[C@@H](O[C@@H]7O[C@H](CO)[C@H](O)[C@H](O)[C@H]7O)[C@H](O)[C@H]6O)C(C)(C)C5CC[C@]43C)[C@H]2C1. The zero-order valence-electron chi connectivity index (χ0n) is 39.5. The molecule has 0 spiro atoms. The molecule has 5 aliphatic carbocycles. The third kappa shape index (κ3) is 7.87. The molecule has 3 aliphatic heterocycles. The molecule has 8 rings (SSSR count). The molecule has 0 aromatic rings. The number of fused-ring (bicyclic) bond motifs is 7. The molecule has 0 aromatic heterocycles. The average Bonchev–Trinajstić information content (AvgIpc) is 3.27. The van der Waals surface area contributed by atoms with Crippen LogP contribution < -0.4 is 0 Å². The summed E-state index contributed by atoms with van der Waals surface area (Å²) in [5.74, 6) is -0.157. The van der Waals surface area contributed by atoms with E-state index in [2.05, 4.69) is 54.5 Å². The van der Waals surface area contributed by atoms with Gasteiger partial charge in [0.1, 0.15) is 73.2 Å². The Balaban J connectivity index is 0.998. The van der Waals surface area contributed by atoms with Crippen molar-refractivity contribution in [2.24, 2.45) is 50.2 Å². The van der Waals surface area contributed by atoms with E-state index in [1.54, 1.807) is 0 Å². The van der Waals surface area contributed by atoms with Crippen LogP contribution >= 0.6 is 0 Å². The molecule has 66 heavy (non-hydrogen) atoms. The minimum absolute atomic E-state index is 0.0540. The molecular weight excluding hydrogens is 865 g/mol. The van der Waals surface area contributed by atoms with E-state index >= 15 is 0 Å². The maximum Gasteiger partial charge on any atom is 0.315 e. The van der Waals surface area contributed by atoms with Gasteiger partial charge in [0.15, 0.2) is 12.6 Å². The van der Waals surface area contributed by atoms with Crippen molar-refractivity contribution < 1.29 is 89.4 Å². The zero-order valence-corrected chi connectivity index (χ0v) is 39.5. The van der Waals surface area contributed by atoms with Crippen molar-refractivity contribution in [3.63, 3.8) is 0 Å². The highest BCUT2D eigenvalue weighted by molar-refractivity contribution is 5.79. The number of carbonyl (C=O) groups is 1. The molecular formula is C48H78O18. The molecule has 0 radical (unpaired) electrons. The van der Waals surface area contributed by atoms with Crippen molar-refractivity contribution in [2.75, 3.05) is 19.8 Å². The van der Waals surface area contributed by atoms with E-state index in [1.807, 2.05) is 0 Å². The van der Waals surface area contributed by atoms with Gasteiger partial charge in [0.2, 0.25) is 6.29 Å². The van der Waals surface area contributed by atoms with Crippen molar-refractivity contribution >= 4 is 5.97 Å². The third-order valence-electron chi connectivity index (χ3n) is 19.3. The van der Waals surface area contributed by atoms with Crippen molar-refractivity contribution in [3.05, 3.63) is 11.6 Å². The van der Waals surface area contributed by atoms with E-state index in [-0.39, 0.29) is 39.4 Å². The average molecular weight is 943 g/mol. The molecule has 4 saturated carbocycles. The normalized spacial score (nSPS) is 53.3. The van der Waals surface area contributed by atoms with E-state index in [9.17, 15) is 61.0 Å². The van der Waals surface area contributed by atoms with Gasteiger partial charge in [-0.3, -0.25) is 4.79 Å². The Morgan fingerprint density at radius 3 is 1.77 bits per heavy atom. The van der Waals surface area contributed by atoms with Crippen LogP contribution in [0.2, 0.25) is 0 Å². The Hall–Kier alpha value is -1.43. The summed E-state index contributed by atoms with van der Waals surface area (Å²) >= 11 is 0. The Morgan fingerprint density at radius 2 is 1.15 bits per heavy atom. The first kappa shape index (κ1) is 50.9. The number of rotatable bonds is 9. The smallest absolute Gasteiger partial charge is 0.315 e. The number of aliphatic hydroxyl groups excluding tert-OH is 11. The van der Waals surface area contributed by atoms with Gasteiger partial charge < -0.3 is 84.6 Å². The molecule has 7 fully saturated rings. The second-order valence-electron chi connectivity index (χ2n) is 23.5. The largest absolute Gasteiger partial charge is 0.432 e. The number of esters is 1. The predicted octanol–water partition coefficient (Wildman–Crippen LogP) is 0.141. The molecule has 0 aromatic carbocycles. The van der Waals surface area contributed by atoms with E-state index in [0.29, 0.717) is 19.3 Å². The van der Waals surface area contributed by atoms with Gasteiger partial charge >= 0.3 is 5.97 Å². The summed E-state index contributed by atoms with van der Waals surface area (Å²) in [6.07, 6.45) is -13.5. The lowest BCUT2D eigenvalue weighted by Crippen LogP contribution is -2.67. The predicted molar refractivity (Wildman–Crippen MR) is 230 cm³/mol. The second-order valence-corrected chi connectivity index (χ2v) is 23.5. The molecule has 23 atom stereocenters. The first-order valence-corrected chi connectivity index (χ1v) is 24.3. The molecule has 378 valence electrons. The third-order valence-corrected chi connectivity index (χ3v) is 19.3. The number of hydrogen-bond donors (Lipinski definition) is 11. The van der Waals surface area contributed by atoms with Crippen LogP contribution in [0.5, 0.6) is 0 Å². The Morgan fingerprint density at radius 1 is 0.606 bits per heavy atom. The summed E-state index contributed by atoms with van der Waals surface area (Å²) < 4.78 is 35.6. The van der Waals surface area contributed by atoms with Crippen LogP contribution in [0.3, 0.4) is 0 Å².